The van der Waals surface area contributed by atoms with Crippen LogP contribution in [0.2, 0.25) is 0 Å². The number of ether oxygens (including phenoxy) is 1. The molecule has 1 aromatic rings. The van der Waals surface area contributed by atoms with Gasteiger partial charge in [0.1, 0.15) is 5.75 Å². The van der Waals surface area contributed by atoms with Crippen LogP contribution in [0.1, 0.15) is 51.0 Å². The van der Waals surface area contributed by atoms with Crippen molar-refractivity contribution in [2.75, 3.05) is 12.4 Å². The summed E-state index contributed by atoms with van der Waals surface area (Å²) < 4.78 is 5.13. The molecule has 0 aliphatic carbocycles. The lowest BCUT2D eigenvalue weighted by molar-refractivity contribution is -0.116. The predicted molar refractivity (Wildman–Crippen MR) is 80.9 cm³/mol. The highest BCUT2D eigenvalue weighted by Crippen LogP contribution is 2.22. The fourth-order valence-corrected chi connectivity index (χ4v) is 2.09. The lowest BCUT2D eigenvalue weighted by atomic mass is 10.1. The van der Waals surface area contributed by atoms with E-state index in [9.17, 15) is 9.90 Å². The number of anilines is 1. The van der Waals surface area contributed by atoms with Crippen LogP contribution < -0.4 is 10.1 Å². The number of benzene rings is 1. The number of hydrogen-bond acceptors (Lipinski definition) is 3. The van der Waals surface area contributed by atoms with E-state index < -0.39 is 0 Å². The molecule has 2 N–H and O–H groups in total. The lowest BCUT2D eigenvalue weighted by Gasteiger charge is -2.10. The molecular weight excluding hydrogens is 254 g/mol. The zero-order chi connectivity index (χ0) is 14.8. The number of amides is 1. The van der Waals surface area contributed by atoms with E-state index in [-0.39, 0.29) is 12.5 Å². The van der Waals surface area contributed by atoms with Gasteiger partial charge < -0.3 is 15.2 Å². The number of unbranched alkanes of at least 4 members (excludes halogenated alkanes) is 4. The molecule has 0 aliphatic heterocycles. The van der Waals surface area contributed by atoms with Crippen LogP contribution in [0.3, 0.4) is 0 Å². The third-order valence-electron chi connectivity index (χ3n) is 3.24. The maximum atomic E-state index is 11.8. The first-order valence-electron chi connectivity index (χ1n) is 7.28. The number of aliphatic hydroxyl groups is 1. The number of methoxy groups -OCH3 is 1. The molecular formula is C16H25NO3. The van der Waals surface area contributed by atoms with Gasteiger partial charge in [0.25, 0.3) is 0 Å². The quantitative estimate of drug-likeness (QED) is 0.680. The molecule has 0 saturated heterocycles. The Kier molecular flexibility index (Phi) is 7.73. The van der Waals surface area contributed by atoms with Gasteiger partial charge in [0.05, 0.1) is 13.7 Å². The fourth-order valence-electron chi connectivity index (χ4n) is 2.09. The number of nitrogens with one attached hydrogen (secondary N) is 1. The molecule has 0 aliphatic rings. The van der Waals surface area contributed by atoms with E-state index in [1.54, 1.807) is 25.3 Å². The van der Waals surface area contributed by atoms with Crippen molar-refractivity contribution in [1.29, 1.82) is 0 Å². The maximum absolute atomic E-state index is 11.8. The number of rotatable bonds is 9. The van der Waals surface area contributed by atoms with Gasteiger partial charge >= 0.3 is 0 Å². The summed E-state index contributed by atoms with van der Waals surface area (Å²) in [6, 6.07) is 5.28. The SMILES string of the molecule is CCCCCCCC(=O)Nc1ccc(OC)c(CO)c1. The zero-order valence-electron chi connectivity index (χ0n) is 12.4. The second-order valence-electron chi connectivity index (χ2n) is 4.90. The average Bonchev–Trinajstić information content (AvgIpc) is 2.46. The largest absolute Gasteiger partial charge is 0.496 e. The molecule has 4 nitrogen and oxygen atoms in total. The van der Waals surface area contributed by atoms with Crippen molar-refractivity contribution in [3.63, 3.8) is 0 Å². The molecule has 0 bridgehead atoms. The van der Waals surface area contributed by atoms with Crippen LogP contribution in [-0.2, 0) is 11.4 Å². The number of carbonyl (C=O) groups is 1. The molecule has 0 fully saturated rings. The van der Waals surface area contributed by atoms with Crippen LogP contribution >= 0.6 is 0 Å². The van der Waals surface area contributed by atoms with Crippen molar-refractivity contribution < 1.29 is 14.6 Å². The molecule has 0 radical (unpaired) electrons. The average molecular weight is 279 g/mol. The molecule has 1 rings (SSSR count). The minimum Gasteiger partial charge on any atom is -0.496 e. The molecule has 0 spiro atoms. The van der Waals surface area contributed by atoms with Crippen LogP contribution in [0, 0.1) is 0 Å². The third kappa shape index (κ3) is 5.61. The molecule has 0 heterocycles. The molecule has 20 heavy (non-hydrogen) atoms. The van der Waals surface area contributed by atoms with Crippen molar-refractivity contribution >= 4 is 11.6 Å². The maximum Gasteiger partial charge on any atom is 0.224 e. The van der Waals surface area contributed by atoms with Crippen molar-refractivity contribution in [2.24, 2.45) is 0 Å². The van der Waals surface area contributed by atoms with Gasteiger partial charge in [-0.1, -0.05) is 32.6 Å². The Bertz CT molecular complexity index is 418. The Morgan fingerprint density at radius 1 is 1.25 bits per heavy atom. The Morgan fingerprint density at radius 3 is 2.65 bits per heavy atom. The van der Waals surface area contributed by atoms with Crippen LogP contribution in [0.4, 0.5) is 5.69 Å². The van der Waals surface area contributed by atoms with Gasteiger partial charge in [-0.15, -0.1) is 0 Å². The first-order chi connectivity index (χ1) is 9.71. The van der Waals surface area contributed by atoms with E-state index in [2.05, 4.69) is 12.2 Å². The summed E-state index contributed by atoms with van der Waals surface area (Å²) in [6.45, 7) is 2.07. The van der Waals surface area contributed by atoms with Crippen molar-refractivity contribution in [3.8, 4) is 5.75 Å². The van der Waals surface area contributed by atoms with Gasteiger partial charge in [-0.25, -0.2) is 0 Å². The van der Waals surface area contributed by atoms with E-state index >= 15 is 0 Å². The summed E-state index contributed by atoms with van der Waals surface area (Å²) in [5.41, 5.74) is 1.38. The highest BCUT2D eigenvalue weighted by atomic mass is 16.5. The molecule has 1 amide bonds. The van der Waals surface area contributed by atoms with E-state index in [1.165, 1.54) is 19.3 Å². The second-order valence-corrected chi connectivity index (χ2v) is 4.90. The van der Waals surface area contributed by atoms with Gasteiger partial charge in [0.2, 0.25) is 5.91 Å². The lowest BCUT2D eigenvalue weighted by Crippen LogP contribution is -2.11. The number of carbonyl (C=O) groups excluding carboxylic acids is 1. The van der Waals surface area contributed by atoms with Gasteiger partial charge in [-0.05, 0) is 24.6 Å². The molecule has 0 unspecified atom stereocenters. The van der Waals surface area contributed by atoms with Crippen LogP contribution in [0.15, 0.2) is 18.2 Å². The molecule has 0 aromatic heterocycles. The first-order valence-corrected chi connectivity index (χ1v) is 7.28. The first kappa shape index (κ1) is 16.5. The standard InChI is InChI=1S/C16H25NO3/c1-3-4-5-6-7-8-16(19)17-14-9-10-15(20-2)13(11-14)12-18/h9-11,18H,3-8,12H2,1-2H3,(H,17,19). The third-order valence-corrected chi connectivity index (χ3v) is 3.24. The van der Waals surface area contributed by atoms with Gasteiger partial charge in [-0.2, -0.15) is 0 Å². The number of hydrogen-bond donors (Lipinski definition) is 2. The van der Waals surface area contributed by atoms with Crippen molar-refractivity contribution in [3.05, 3.63) is 23.8 Å². The Morgan fingerprint density at radius 2 is 2.00 bits per heavy atom. The van der Waals surface area contributed by atoms with Crippen molar-refractivity contribution in [1.82, 2.24) is 0 Å². The van der Waals surface area contributed by atoms with E-state index in [1.807, 2.05) is 0 Å². The summed E-state index contributed by atoms with van der Waals surface area (Å²) in [5.74, 6) is 0.653. The van der Waals surface area contributed by atoms with Crippen LogP contribution in [0.25, 0.3) is 0 Å². The van der Waals surface area contributed by atoms with E-state index in [0.717, 1.165) is 12.8 Å². The zero-order valence-corrected chi connectivity index (χ0v) is 12.4. The Hall–Kier alpha value is -1.55. The Balaban J connectivity index is 2.41. The summed E-state index contributed by atoms with van der Waals surface area (Å²) in [7, 11) is 1.56. The van der Waals surface area contributed by atoms with Gasteiger partial charge in [0, 0.05) is 17.7 Å². The molecule has 0 atom stereocenters. The smallest absolute Gasteiger partial charge is 0.224 e. The molecule has 0 saturated carbocycles. The predicted octanol–water partition coefficient (Wildman–Crippen LogP) is 3.49. The topological polar surface area (TPSA) is 58.6 Å². The van der Waals surface area contributed by atoms with Crippen LogP contribution in [0.5, 0.6) is 5.75 Å². The highest BCUT2D eigenvalue weighted by Gasteiger charge is 2.06. The summed E-state index contributed by atoms with van der Waals surface area (Å²) in [6.07, 6.45) is 6.22. The summed E-state index contributed by atoms with van der Waals surface area (Å²) in [5, 5.41) is 12.1. The van der Waals surface area contributed by atoms with Gasteiger partial charge in [0.15, 0.2) is 0 Å². The molecule has 1 aromatic carbocycles. The minimum atomic E-state index is -0.107. The summed E-state index contributed by atoms with van der Waals surface area (Å²) >= 11 is 0. The van der Waals surface area contributed by atoms with E-state index in [4.69, 9.17) is 4.74 Å². The van der Waals surface area contributed by atoms with Crippen LogP contribution in [-0.4, -0.2) is 18.1 Å². The number of aliphatic hydroxyl groups excluding tert-OH is 1. The molecule has 112 valence electrons. The summed E-state index contributed by atoms with van der Waals surface area (Å²) in [4.78, 5) is 11.8. The Labute approximate surface area is 121 Å². The minimum absolute atomic E-state index is 0.0237. The normalized spacial score (nSPS) is 10.3. The van der Waals surface area contributed by atoms with E-state index in [0.29, 0.717) is 23.4 Å². The fraction of sp³-hybridized carbons (Fsp3) is 0.562. The molecule has 4 heteroatoms. The second kappa shape index (κ2) is 9.37. The van der Waals surface area contributed by atoms with Gasteiger partial charge in [-0.3, -0.25) is 4.79 Å². The van der Waals surface area contributed by atoms with Crippen molar-refractivity contribution in [2.45, 2.75) is 52.1 Å². The monoisotopic (exact) mass is 279 g/mol. The highest BCUT2D eigenvalue weighted by molar-refractivity contribution is 5.90.